The largest absolute Gasteiger partial charge is 0.466 e. The van der Waals surface area contributed by atoms with E-state index in [4.69, 9.17) is 4.74 Å². The second-order valence-electron chi connectivity index (χ2n) is 5.02. The summed E-state index contributed by atoms with van der Waals surface area (Å²) in [5, 5.41) is 0. The Labute approximate surface area is 132 Å². The SMILES string of the molecule is CCOC(=O)CC(c1c[c]ccc1)c1cccc(C(F)(F)F)c1. The van der Waals surface area contributed by atoms with Crippen LogP contribution in [0.15, 0.2) is 48.5 Å². The molecule has 0 amide bonds. The minimum Gasteiger partial charge on any atom is -0.466 e. The summed E-state index contributed by atoms with van der Waals surface area (Å²) in [5.74, 6) is -0.951. The Kier molecular flexibility index (Phi) is 5.42. The van der Waals surface area contributed by atoms with Gasteiger partial charge in [0.15, 0.2) is 0 Å². The first-order valence-electron chi connectivity index (χ1n) is 7.20. The lowest BCUT2D eigenvalue weighted by molar-refractivity contribution is -0.143. The smallest absolute Gasteiger partial charge is 0.416 e. The third-order valence-electron chi connectivity index (χ3n) is 3.43. The lowest BCUT2D eigenvalue weighted by Crippen LogP contribution is -2.13. The molecule has 1 unspecified atom stereocenters. The van der Waals surface area contributed by atoms with E-state index in [9.17, 15) is 18.0 Å². The summed E-state index contributed by atoms with van der Waals surface area (Å²) in [6.45, 7) is 1.92. The Morgan fingerprint density at radius 2 is 1.96 bits per heavy atom. The van der Waals surface area contributed by atoms with Gasteiger partial charge in [-0.1, -0.05) is 42.5 Å². The molecule has 0 aliphatic carbocycles. The molecule has 2 aromatic carbocycles. The number of hydrogen-bond acceptors (Lipinski definition) is 2. The van der Waals surface area contributed by atoms with Crippen molar-refractivity contribution in [1.29, 1.82) is 0 Å². The van der Waals surface area contributed by atoms with E-state index < -0.39 is 23.6 Å². The van der Waals surface area contributed by atoms with Gasteiger partial charge in [0, 0.05) is 5.92 Å². The first-order chi connectivity index (χ1) is 10.9. The zero-order valence-corrected chi connectivity index (χ0v) is 12.6. The molecule has 121 valence electrons. The van der Waals surface area contributed by atoms with Gasteiger partial charge in [0.05, 0.1) is 18.6 Å². The summed E-state index contributed by atoms with van der Waals surface area (Å²) in [7, 11) is 0. The minimum absolute atomic E-state index is 0.0208. The van der Waals surface area contributed by atoms with Gasteiger partial charge in [-0.2, -0.15) is 13.2 Å². The third kappa shape index (κ3) is 4.58. The molecule has 0 aliphatic heterocycles. The van der Waals surface area contributed by atoms with Crippen LogP contribution in [-0.4, -0.2) is 12.6 Å². The number of benzene rings is 2. The lowest BCUT2D eigenvalue weighted by atomic mass is 9.87. The van der Waals surface area contributed by atoms with E-state index in [1.165, 1.54) is 6.07 Å². The molecule has 2 nitrogen and oxygen atoms in total. The van der Waals surface area contributed by atoms with E-state index >= 15 is 0 Å². The molecule has 0 bridgehead atoms. The molecule has 0 spiro atoms. The Balaban J connectivity index is 2.39. The number of carbonyl (C=O) groups excluding carboxylic acids is 1. The normalized spacial score (nSPS) is 12.7. The van der Waals surface area contributed by atoms with Crippen molar-refractivity contribution in [2.75, 3.05) is 6.61 Å². The Bertz CT molecular complexity index is 651. The first-order valence-corrected chi connectivity index (χ1v) is 7.20. The molecule has 0 aromatic heterocycles. The number of hydrogen-bond donors (Lipinski definition) is 0. The van der Waals surface area contributed by atoms with Gasteiger partial charge in [0.1, 0.15) is 0 Å². The molecule has 5 heteroatoms. The Hall–Kier alpha value is -2.30. The maximum Gasteiger partial charge on any atom is 0.416 e. The predicted octanol–water partition coefficient (Wildman–Crippen LogP) is 4.59. The number of halogens is 3. The van der Waals surface area contributed by atoms with Gasteiger partial charge in [0.2, 0.25) is 0 Å². The van der Waals surface area contributed by atoms with Crippen molar-refractivity contribution in [1.82, 2.24) is 0 Å². The lowest BCUT2D eigenvalue weighted by Gasteiger charge is -2.18. The molecule has 2 aromatic rings. The number of esters is 1. The van der Waals surface area contributed by atoms with E-state index in [1.54, 1.807) is 37.3 Å². The average Bonchev–Trinajstić information content (AvgIpc) is 2.53. The molecule has 1 radical (unpaired) electrons. The third-order valence-corrected chi connectivity index (χ3v) is 3.43. The second kappa shape index (κ2) is 7.31. The minimum atomic E-state index is -4.42. The highest BCUT2D eigenvalue weighted by Gasteiger charge is 2.31. The predicted molar refractivity (Wildman–Crippen MR) is 79.8 cm³/mol. The van der Waals surface area contributed by atoms with Crippen LogP contribution in [0.1, 0.15) is 36.0 Å². The Morgan fingerprint density at radius 3 is 2.57 bits per heavy atom. The van der Waals surface area contributed by atoms with Crippen molar-refractivity contribution in [3.63, 3.8) is 0 Å². The van der Waals surface area contributed by atoms with Crippen molar-refractivity contribution in [3.8, 4) is 0 Å². The second-order valence-corrected chi connectivity index (χ2v) is 5.02. The van der Waals surface area contributed by atoms with Crippen LogP contribution >= 0.6 is 0 Å². The van der Waals surface area contributed by atoms with Gasteiger partial charge in [-0.15, -0.1) is 0 Å². The van der Waals surface area contributed by atoms with Crippen molar-refractivity contribution in [3.05, 3.63) is 71.3 Å². The van der Waals surface area contributed by atoms with Crippen molar-refractivity contribution < 1.29 is 22.7 Å². The van der Waals surface area contributed by atoms with Crippen LogP contribution in [0.5, 0.6) is 0 Å². The average molecular weight is 321 g/mol. The van der Waals surface area contributed by atoms with Crippen molar-refractivity contribution in [2.24, 2.45) is 0 Å². The summed E-state index contributed by atoms with van der Waals surface area (Å²) in [6.07, 6.45) is -4.44. The maximum absolute atomic E-state index is 12.9. The monoisotopic (exact) mass is 321 g/mol. The van der Waals surface area contributed by atoms with E-state index in [-0.39, 0.29) is 13.0 Å². The summed E-state index contributed by atoms with van der Waals surface area (Å²) in [6, 6.07) is 14.8. The first kappa shape index (κ1) is 17.1. The molecule has 23 heavy (non-hydrogen) atoms. The van der Waals surface area contributed by atoms with Gasteiger partial charge in [0.25, 0.3) is 0 Å². The van der Waals surface area contributed by atoms with Crippen LogP contribution < -0.4 is 0 Å². The molecular formula is C18H16F3O2. The highest BCUT2D eigenvalue weighted by atomic mass is 19.4. The molecular weight excluding hydrogens is 305 g/mol. The fourth-order valence-corrected chi connectivity index (χ4v) is 2.37. The molecule has 0 heterocycles. The van der Waals surface area contributed by atoms with Crippen LogP contribution in [0.2, 0.25) is 0 Å². The van der Waals surface area contributed by atoms with E-state index in [0.717, 1.165) is 17.7 Å². The molecule has 2 rings (SSSR count). The summed E-state index contributed by atoms with van der Waals surface area (Å²) in [4.78, 5) is 11.8. The van der Waals surface area contributed by atoms with Gasteiger partial charge in [-0.25, -0.2) is 0 Å². The van der Waals surface area contributed by atoms with Crippen molar-refractivity contribution >= 4 is 5.97 Å². The zero-order valence-electron chi connectivity index (χ0n) is 12.6. The van der Waals surface area contributed by atoms with E-state index in [2.05, 4.69) is 6.07 Å². The van der Waals surface area contributed by atoms with Crippen LogP contribution in [0.4, 0.5) is 13.2 Å². The van der Waals surface area contributed by atoms with Gasteiger partial charge in [-0.05, 0) is 30.2 Å². The number of alkyl halides is 3. The van der Waals surface area contributed by atoms with Crippen LogP contribution in [-0.2, 0) is 15.7 Å². The quantitative estimate of drug-likeness (QED) is 0.753. The standard InChI is InChI=1S/C18H16F3O2/c1-2-23-17(22)12-16(13-7-4-3-5-8-13)14-9-6-10-15(11-14)18(19,20)21/h3-4,6-11,16H,2,12H2,1H3. The molecule has 0 fully saturated rings. The van der Waals surface area contributed by atoms with Crippen molar-refractivity contribution in [2.45, 2.75) is 25.4 Å². The molecule has 0 aliphatic rings. The molecule has 0 saturated heterocycles. The van der Waals surface area contributed by atoms with Crippen LogP contribution in [0.3, 0.4) is 0 Å². The van der Waals surface area contributed by atoms with Gasteiger partial charge in [-0.3, -0.25) is 4.79 Å². The number of carbonyl (C=O) groups is 1. The maximum atomic E-state index is 12.9. The fourth-order valence-electron chi connectivity index (χ4n) is 2.37. The van der Waals surface area contributed by atoms with Crippen LogP contribution in [0.25, 0.3) is 0 Å². The van der Waals surface area contributed by atoms with E-state index in [0.29, 0.717) is 5.56 Å². The summed E-state index contributed by atoms with van der Waals surface area (Å²) in [5.41, 5.74) is 0.413. The van der Waals surface area contributed by atoms with Gasteiger partial charge >= 0.3 is 12.1 Å². The number of ether oxygens (including phenoxy) is 1. The molecule has 0 saturated carbocycles. The topological polar surface area (TPSA) is 26.3 Å². The zero-order chi connectivity index (χ0) is 16.9. The number of rotatable bonds is 5. The molecule has 0 N–H and O–H groups in total. The van der Waals surface area contributed by atoms with Gasteiger partial charge < -0.3 is 4.74 Å². The van der Waals surface area contributed by atoms with E-state index in [1.807, 2.05) is 0 Å². The molecule has 1 atom stereocenters. The highest BCUT2D eigenvalue weighted by Crippen LogP contribution is 2.34. The summed E-state index contributed by atoms with van der Waals surface area (Å²) < 4.78 is 43.7. The highest BCUT2D eigenvalue weighted by molar-refractivity contribution is 5.71. The fraction of sp³-hybridized carbons (Fsp3) is 0.278. The van der Waals surface area contributed by atoms with Crippen LogP contribution in [0, 0.1) is 6.07 Å². The Morgan fingerprint density at radius 1 is 1.22 bits per heavy atom. The summed E-state index contributed by atoms with van der Waals surface area (Å²) >= 11 is 0.